The number of H-pyrrole nitrogens is 1. The summed E-state index contributed by atoms with van der Waals surface area (Å²) in [7, 11) is 0. The van der Waals surface area contributed by atoms with E-state index < -0.39 is 0 Å². The van der Waals surface area contributed by atoms with Gasteiger partial charge in [0.05, 0.1) is 10.7 Å². The molecule has 0 radical (unpaired) electrons. The van der Waals surface area contributed by atoms with E-state index in [2.05, 4.69) is 21.0 Å². The number of imidazole rings is 1. The molecular weight excluding hydrogens is 384 g/mol. The van der Waals surface area contributed by atoms with Crippen molar-refractivity contribution in [3.63, 3.8) is 0 Å². The van der Waals surface area contributed by atoms with Gasteiger partial charge in [0.2, 0.25) is 0 Å². The molecule has 0 saturated heterocycles. The van der Waals surface area contributed by atoms with Crippen molar-refractivity contribution in [2.75, 3.05) is 0 Å². The summed E-state index contributed by atoms with van der Waals surface area (Å²) < 4.78 is 5.98. The molecule has 4 rings (SSSR count). The standard InChI is InChI=1S/C23H21ClN4O/c1-14-10-18(6-9-21(14)29-13-17-5-4-15(2)25-11-17)22-16(3)27-23(28-22)20-8-7-19(24)12-26-20/h4-12H,13H2,1-3H3,(H,27,28). The van der Waals surface area contributed by atoms with Crippen molar-refractivity contribution in [2.45, 2.75) is 27.4 Å². The van der Waals surface area contributed by atoms with E-state index in [9.17, 15) is 0 Å². The Bertz CT molecular complexity index is 1130. The van der Waals surface area contributed by atoms with Crippen molar-refractivity contribution in [3.8, 4) is 28.5 Å². The van der Waals surface area contributed by atoms with E-state index >= 15 is 0 Å². The van der Waals surface area contributed by atoms with Gasteiger partial charge in [0.25, 0.3) is 0 Å². The molecule has 1 N–H and O–H groups in total. The molecule has 1 aromatic carbocycles. The number of nitrogens with one attached hydrogen (secondary N) is 1. The first-order valence-electron chi connectivity index (χ1n) is 9.33. The zero-order valence-corrected chi connectivity index (χ0v) is 17.3. The molecule has 0 aliphatic heterocycles. The van der Waals surface area contributed by atoms with Crippen LogP contribution in [0.3, 0.4) is 0 Å². The Morgan fingerprint density at radius 2 is 1.83 bits per heavy atom. The first kappa shape index (κ1) is 19.2. The lowest BCUT2D eigenvalue weighted by Gasteiger charge is -2.10. The predicted molar refractivity (Wildman–Crippen MR) is 115 cm³/mol. The van der Waals surface area contributed by atoms with Crippen LogP contribution in [0.2, 0.25) is 5.02 Å². The summed E-state index contributed by atoms with van der Waals surface area (Å²) in [6, 6.07) is 13.8. The van der Waals surface area contributed by atoms with Crippen molar-refractivity contribution in [2.24, 2.45) is 0 Å². The van der Waals surface area contributed by atoms with Crippen LogP contribution in [-0.2, 0) is 6.61 Å². The molecule has 0 spiro atoms. The molecule has 3 heterocycles. The number of hydrogen-bond donors (Lipinski definition) is 1. The van der Waals surface area contributed by atoms with Crippen LogP contribution in [0.15, 0.2) is 54.9 Å². The van der Waals surface area contributed by atoms with Crippen LogP contribution in [0.25, 0.3) is 22.8 Å². The smallest absolute Gasteiger partial charge is 0.156 e. The third kappa shape index (κ3) is 4.30. The lowest BCUT2D eigenvalue weighted by molar-refractivity contribution is 0.303. The van der Waals surface area contributed by atoms with Crippen LogP contribution in [-0.4, -0.2) is 19.9 Å². The van der Waals surface area contributed by atoms with Crippen molar-refractivity contribution in [3.05, 3.63) is 82.4 Å². The van der Waals surface area contributed by atoms with Crippen LogP contribution in [0.4, 0.5) is 0 Å². The van der Waals surface area contributed by atoms with E-state index in [0.29, 0.717) is 11.6 Å². The molecule has 29 heavy (non-hydrogen) atoms. The Labute approximate surface area is 174 Å². The number of hydrogen-bond acceptors (Lipinski definition) is 4. The average molecular weight is 405 g/mol. The number of halogens is 1. The Hall–Kier alpha value is -3.18. The highest BCUT2D eigenvalue weighted by molar-refractivity contribution is 6.30. The Kier molecular flexibility index (Phi) is 5.32. The number of rotatable bonds is 5. The molecule has 0 atom stereocenters. The summed E-state index contributed by atoms with van der Waals surface area (Å²) in [5.74, 6) is 1.57. The maximum atomic E-state index is 5.98. The normalized spacial score (nSPS) is 10.9. The van der Waals surface area contributed by atoms with Crippen LogP contribution in [0.1, 0.15) is 22.5 Å². The second-order valence-corrected chi connectivity index (χ2v) is 7.43. The van der Waals surface area contributed by atoms with Crippen molar-refractivity contribution >= 4 is 11.6 Å². The van der Waals surface area contributed by atoms with Gasteiger partial charge in [-0.25, -0.2) is 4.98 Å². The Morgan fingerprint density at radius 3 is 2.52 bits per heavy atom. The summed E-state index contributed by atoms with van der Waals surface area (Å²) in [5, 5.41) is 0.602. The summed E-state index contributed by atoms with van der Waals surface area (Å²) in [6.45, 7) is 6.50. The lowest BCUT2D eigenvalue weighted by Crippen LogP contribution is -1.98. The van der Waals surface area contributed by atoms with Gasteiger partial charge in [-0.2, -0.15) is 0 Å². The number of aromatic nitrogens is 4. The van der Waals surface area contributed by atoms with Gasteiger partial charge in [-0.05, 0) is 62.7 Å². The number of aryl methyl sites for hydroxylation is 3. The zero-order valence-electron chi connectivity index (χ0n) is 16.5. The van der Waals surface area contributed by atoms with Gasteiger partial charge in [-0.15, -0.1) is 0 Å². The fourth-order valence-corrected chi connectivity index (χ4v) is 3.19. The molecule has 5 nitrogen and oxygen atoms in total. The highest BCUT2D eigenvalue weighted by atomic mass is 35.5. The highest BCUT2D eigenvalue weighted by Gasteiger charge is 2.13. The van der Waals surface area contributed by atoms with Gasteiger partial charge in [0, 0.05) is 34.9 Å². The lowest BCUT2D eigenvalue weighted by atomic mass is 10.1. The van der Waals surface area contributed by atoms with Gasteiger partial charge >= 0.3 is 0 Å². The van der Waals surface area contributed by atoms with Crippen LogP contribution >= 0.6 is 11.6 Å². The maximum absolute atomic E-state index is 5.98. The number of nitrogens with zero attached hydrogens (tertiary/aromatic N) is 3. The Morgan fingerprint density at radius 1 is 0.966 bits per heavy atom. The number of ether oxygens (including phenoxy) is 1. The molecule has 146 valence electrons. The molecular formula is C23H21ClN4O. The molecule has 0 bridgehead atoms. The van der Waals surface area contributed by atoms with Gasteiger partial charge in [-0.1, -0.05) is 17.7 Å². The summed E-state index contributed by atoms with van der Waals surface area (Å²) in [5.41, 5.74) is 6.76. The van der Waals surface area contributed by atoms with E-state index in [4.69, 9.17) is 21.3 Å². The number of pyridine rings is 2. The zero-order chi connectivity index (χ0) is 20.4. The topological polar surface area (TPSA) is 63.7 Å². The van der Waals surface area contributed by atoms with Crippen LogP contribution in [0, 0.1) is 20.8 Å². The first-order chi connectivity index (χ1) is 14.0. The number of benzene rings is 1. The first-order valence-corrected chi connectivity index (χ1v) is 9.71. The van der Waals surface area contributed by atoms with E-state index in [-0.39, 0.29) is 0 Å². The SMILES string of the molecule is Cc1ccc(COc2ccc(-c3nc(-c4ccc(Cl)cn4)[nH]c3C)cc2C)cn1. The van der Waals surface area contributed by atoms with E-state index in [1.54, 1.807) is 12.3 Å². The minimum absolute atomic E-state index is 0.487. The molecule has 3 aromatic heterocycles. The second kappa shape index (κ2) is 8.05. The van der Waals surface area contributed by atoms with Gasteiger partial charge in [0.1, 0.15) is 18.1 Å². The monoisotopic (exact) mass is 404 g/mol. The molecule has 0 aliphatic rings. The minimum Gasteiger partial charge on any atom is -0.489 e. The third-order valence-electron chi connectivity index (χ3n) is 4.67. The highest BCUT2D eigenvalue weighted by Crippen LogP contribution is 2.29. The molecule has 0 saturated carbocycles. The van der Waals surface area contributed by atoms with Crippen molar-refractivity contribution in [1.29, 1.82) is 0 Å². The van der Waals surface area contributed by atoms with Crippen LogP contribution < -0.4 is 4.74 Å². The predicted octanol–water partition coefficient (Wildman–Crippen LogP) is 5.69. The number of aromatic amines is 1. The molecule has 0 fully saturated rings. The molecule has 0 unspecified atom stereocenters. The summed E-state index contributed by atoms with van der Waals surface area (Å²) in [4.78, 5) is 16.7. The largest absolute Gasteiger partial charge is 0.489 e. The third-order valence-corrected chi connectivity index (χ3v) is 4.89. The Balaban J connectivity index is 1.54. The molecule has 0 aliphatic carbocycles. The van der Waals surface area contributed by atoms with E-state index in [1.807, 2.05) is 57.3 Å². The van der Waals surface area contributed by atoms with Crippen LogP contribution in [0.5, 0.6) is 5.75 Å². The average Bonchev–Trinajstić information content (AvgIpc) is 3.10. The molecule has 6 heteroatoms. The van der Waals surface area contributed by atoms with Gasteiger partial charge in [0.15, 0.2) is 5.82 Å². The minimum atomic E-state index is 0.487. The van der Waals surface area contributed by atoms with E-state index in [1.165, 1.54) is 0 Å². The van der Waals surface area contributed by atoms with E-state index in [0.717, 1.165) is 51.0 Å². The van der Waals surface area contributed by atoms with Crippen molar-refractivity contribution < 1.29 is 4.74 Å². The molecule has 0 amide bonds. The van der Waals surface area contributed by atoms with Gasteiger partial charge in [-0.3, -0.25) is 9.97 Å². The molecule has 4 aromatic rings. The summed E-state index contributed by atoms with van der Waals surface area (Å²) in [6.07, 6.45) is 3.46. The fraction of sp³-hybridized carbons (Fsp3) is 0.174. The van der Waals surface area contributed by atoms with Gasteiger partial charge < -0.3 is 9.72 Å². The van der Waals surface area contributed by atoms with Crippen molar-refractivity contribution in [1.82, 2.24) is 19.9 Å². The quantitative estimate of drug-likeness (QED) is 0.464. The maximum Gasteiger partial charge on any atom is 0.156 e. The fourth-order valence-electron chi connectivity index (χ4n) is 3.08. The second-order valence-electron chi connectivity index (χ2n) is 7.00. The summed E-state index contributed by atoms with van der Waals surface area (Å²) >= 11 is 5.93.